The molecule has 0 atom stereocenters. The fourth-order valence-corrected chi connectivity index (χ4v) is 12.9. The van der Waals surface area contributed by atoms with Gasteiger partial charge in [0.2, 0.25) is 0 Å². The van der Waals surface area contributed by atoms with Crippen LogP contribution < -0.4 is 9.30 Å². The van der Waals surface area contributed by atoms with Gasteiger partial charge in [0.25, 0.3) is 6.33 Å². The molecule has 16 aromatic rings. The van der Waals surface area contributed by atoms with Gasteiger partial charge in [-0.25, -0.2) is 4.98 Å². The Morgan fingerprint density at radius 3 is 1.57 bits per heavy atom. The minimum atomic E-state index is -0.751. The molecular formula is C82H57N5O. The Balaban J connectivity index is 0.987. The van der Waals surface area contributed by atoms with Gasteiger partial charge in [0.15, 0.2) is 0 Å². The maximum atomic E-state index is 10.4. The number of nitrogens with zero attached hydrogens (tertiary/aromatic N) is 5. The molecule has 0 aliphatic carbocycles. The Kier molecular flexibility index (Phi) is 9.00. The van der Waals surface area contributed by atoms with Gasteiger partial charge in [-0.05, 0) is 169 Å². The van der Waals surface area contributed by atoms with Crippen LogP contribution in [0.4, 0.5) is 0 Å². The summed E-state index contributed by atoms with van der Waals surface area (Å²) in [6, 6.07) is 59.4. The Morgan fingerprint density at radius 2 is 0.943 bits per heavy atom. The van der Waals surface area contributed by atoms with E-state index in [9.17, 15) is 9.60 Å². The van der Waals surface area contributed by atoms with Crippen LogP contribution in [0.2, 0.25) is 0 Å². The van der Waals surface area contributed by atoms with Gasteiger partial charge in [-0.15, -0.1) is 0 Å². The average Bonchev–Trinajstić information content (AvgIpc) is 1.63. The third-order valence-corrected chi connectivity index (χ3v) is 16.9. The lowest BCUT2D eigenvalue weighted by Crippen LogP contribution is -2.32. The molecule has 0 N–H and O–H groups in total. The maximum Gasteiger partial charge on any atom is 0.269 e. The predicted molar refractivity (Wildman–Crippen MR) is 362 cm³/mol. The highest BCUT2D eigenvalue weighted by Gasteiger charge is 2.29. The van der Waals surface area contributed by atoms with Crippen molar-refractivity contribution in [3.05, 3.63) is 303 Å². The second-order valence-corrected chi connectivity index (χ2v) is 23.1. The van der Waals surface area contributed by atoms with Crippen molar-refractivity contribution in [2.45, 2.75) is 26.2 Å². The highest BCUT2D eigenvalue weighted by molar-refractivity contribution is 6.11. The maximum absolute atomic E-state index is 10.4. The van der Waals surface area contributed by atoms with Crippen LogP contribution in [0, 0.1) is 6.33 Å². The zero-order valence-electron chi connectivity index (χ0n) is 60.9. The SMILES string of the molecule is [2H]c1c([2H])c([2H])c(-c2c([2H])c(-c3cc4c5c(c3)n(-c3cccc(Oc6ccc7c8ccccc8n(-c8cc(C(C)(C)C)ccn8)c7c6)c3)[c-][n+]5-c3c(cccc3-n3c5ccccc5c5ccccc53)-c3ccccc3-c3ccccc3-4)c([2H])c(-c3c([2H])c([2H])c([2H])c([2H])c3[2H])c2[2H])c([2H])c1[2H]. The fraction of sp³-hybridized carbons (Fsp3) is 0.0488. The number of hydrogen-bond acceptors (Lipinski definition) is 2. The van der Waals surface area contributed by atoms with Crippen molar-refractivity contribution in [2.75, 3.05) is 0 Å². The van der Waals surface area contributed by atoms with Crippen molar-refractivity contribution in [1.29, 1.82) is 0 Å². The van der Waals surface area contributed by atoms with Gasteiger partial charge >= 0.3 is 0 Å². The summed E-state index contributed by atoms with van der Waals surface area (Å²) in [5.74, 6) is 1.77. The Bertz CT molecular complexity index is 6090. The van der Waals surface area contributed by atoms with Gasteiger partial charge in [0.1, 0.15) is 17.3 Å². The first kappa shape index (κ1) is 39.3. The lowest BCUT2D eigenvalue weighted by atomic mass is 9.87. The molecule has 0 fully saturated rings. The zero-order valence-corrected chi connectivity index (χ0v) is 47.9. The van der Waals surface area contributed by atoms with Crippen LogP contribution >= 0.6 is 0 Å². The molecule has 6 nitrogen and oxygen atoms in total. The molecule has 12 aromatic carbocycles. The zero-order chi connectivity index (χ0) is 69.9. The van der Waals surface area contributed by atoms with Crippen molar-refractivity contribution in [1.82, 2.24) is 18.7 Å². The minimum absolute atomic E-state index is 0.144. The topological polar surface area (TPSA) is 40.8 Å². The van der Waals surface area contributed by atoms with Crippen LogP contribution in [0.25, 0.3) is 144 Å². The Hall–Kier alpha value is -11.3. The van der Waals surface area contributed by atoms with Crippen LogP contribution in [0.15, 0.2) is 291 Å². The summed E-state index contributed by atoms with van der Waals surface area (Å²) < 4.78 is 136. The molecule has 416 valence electrons. The number of para-hydroxylation sites is 4. The number of rotatable bonds is 8. The Labute approximate surface area is 528 Å². The van der Waals surface area contributed by atoms with Crippen LogP contribution in [-0.4, -0.2) is 18.7 Å². The molecule has 1 aliphatic heterocycles. The van der Waals surface area contributed by atoms with Crippen LogP contribution in [0.5, 0.6) is 11.5 Å². The highest BCUT2D eigenvalue weighted by Crippen LogP contribution is 2.47. The smallest absolute Gasteiger partial charge is 0.269 e. The van der Waals surface area contributed by atoms with E-state index in [2.05, 4.69) is 120 Å². The molecular weight excluding hydrogens is 1070 g/mol. The molecule has 0 bridgehead atoms. The third-order valence-electron chi connectivity index (χ3n) is 16.9. The molecule has 0 spiro atoms. The van der Waals surface area contributed by atoms with E-state index in [1.54, 1.807) is 6.07 Å². The van der Waals surface area contributed by atoms with Crippen molar-refractivity contribution in [2.24, 2.45) is 0 Å². The lowest BCUT2D eigenvalue weighted by molar-refractivity contribution is -0.571. The van der Waals surface area contributed by atoms with Gasteiger partial charge < -0.3 is 9.30 Å². The average molecular weight is 1140 g/mol. The van der Waals surface area contributed by atoms with E-state index in [1.165, 1.54) is 0 Å². The molecule has 0 amide bonds. The predicted octanol–water partition coefficient (Wildman–Crippen LogP) is 20.7. The summed E-state index contributed by atoms with van der Waals surface area (Å²) in [7, 11) is 0. The monoisotopic (exact) mass is 1140 g/mol. The quantitative estimate of drug-likeness (QED) is 0.112. The Morgan fingerprint density at radius 1 is 0.420 bits per heavy atom. The summed E-state index contributed by atoms with van der Waals surface area (Å²) in [5, 5.41) is 4.15. The molecule has 4 aromatic heterocycles. The summed E-state index contributed by atoms with van der Waals surface area (Å²) in [6.07, 6.45) is 5.75. The van der Waals surface area contributed by atoms with Gasteiger partial charge in [-0.1, -0.05) is 209 Å². The second-order valence-electron chi connectivity index (χ2n) is 23.1. The van der Waals surface area contributed by atoms with E-state index < -0.39 is 101 Å². The molecule has 88 heavy (non-hydrogen) atoms. The number of hydrogen-bond donors (Lipinski definition) is 0. The lowest BCUT2D eigenvalue weighted by Gasteiger charge is -2.20. The number of aromatic nitrogens is 5. The molecule has 6 heteroatoms. The first-order chi connectivity index (χ1) is 48.7. The molecule has 1 aliphatic rings. The summed E-state index contributed by atoms with van der Waals surface area (Å²) in [6.45, 7) is 6.54. The van der Waals surface area contributed by atoms with Crippen LogP contribution in [-0.2, 0) is 5.41 Å². The molecule has 17 rings (SSSR count). The van der Waals surface area contributed by atoms with Crippen molar-refractivity contribution < 1.29 is 27.1 Å². The normalized spacial score (nSPS) is 14.1. The van der Waals surface area contributed by atoms with Gasteiger partial charge in [-0.2, -0.15) is 0 Å². The number of fused-ring (bicyclic) bond motifs is 13. The summed E-state index contributed by atoms with van der Waals surface area (Å²) >= 11 is 0. The molecule has 0 saturated carbocycles. The fourth-order valence-electron chi connectivity index (χ4n) is 12.9. The first-order valence-corrected chi connectivity index (χ1v) is 29.1. The molecule has 0 saturated heterocycles. The van der Waals surface area contributed by atoms with Crippen LogP contribution in [0.1, 0.15) is 44.2 Å². The van der Waals surface area contributed by atoms with Crippen molar-refractivity contribution in [3.63, 3.8) is 0 Å². The largest absolute Gasteiger partial charge is 0.458 e. The van der Waals surface area contributed by atoms with E-state index in [1.807, 2.05) is 132 Å². The van der Waals surface area contributed by atoms with E-state index >= 15 is 0 Å². The van der Waals surface area contributed by atoms with E-state index in [4.69, 9.17) is 17.9 Å². The van der Waals surface area contributed by atoms with E-state index in [-0.39, 0.29) is 16.5 Å². The number of benzene rings is 12. The second kappa shape index (κ2) is 20.2. The minimum Gasteiger partial charge on any atom is -0.458 e. The molecule has 0 unspecified atom stereocenters. The van der Waals surface area contributed by atoms with Gasteiger partial charge in [0, 0.05) is 33.8 Å². The van der Waals surface area contributed by atoms with Gasteiger partial charge in [0.05, 0.1) is 68.0 Å². The van der Waals surface area contributed by atoms with E-state index in [0.717, 1.165) is 94.2 Å². The van der Waals surface area contributed by atoms with E-state index in [0.29, 0.717) is 33.8 Å². The van der Waals surface area contributed by atoms with Gasteiger partial charge in [-0.3, -0.25) is 13.7 Å². The van der Waals surface area contributed by atoms with Crippen molar-refractivity contribution >= 4 is 54.6 Å². The number of imidazole rings is 1. The molecule has 5 heterocycles. The number of pyridine rings is 1. The highest BCUT2D eigenvalue weighted by atomic mass is 16.5. The summed E-state index contributed by atoms with van der Waals surface area (Å²) in [4.78, 5) is 4.92. The standard InChI is InChI=1S/C82H57N5O/c1-82(2,3)59-42-43-83-79(49-59)87-75-38-19-16-34-69(75)70-41-40-62(51-77(70)87)88-61-27-20-26-60(50-61)84-52-85-80-71(35-21-39-76(80)86-73-36-17-14-32-67(73)68-33-15-18-37-74(68)86)65-30-12-10-28-63(65)64-29-11-13-31-66(64)72-47-58(48-78(84)81(72)85)57-45-55(53-22-6-4-7-23-53)44-56(46-57)54-24-8-5-9-25-54/h4-51H,1-3H3/i4D,5D,6D,7D,8D,9D,22D,23D,24D,25D,44D,45D,46D. The van der Waals surface area contributed by atoms with Crippen LogP contribution in [0.3, 0.4) is 0 Å². The number of ether oxygens (including phenoxy) is 1. The third kappa shape index (κ3) is 8.32. The first-order valence-electron chi connectivity index (χ1n) is 35.6. The summed E-state index contributed by atoms with van der Waals surface area (Å²) in [5.41, 5.74) is 10.5. The van der Waals surface area contributed by atoms with Crippen molar-refractivity contribution in [3.8, 4) is 101 Å². The molecule has 0 radical (unpaired) electrons.